The van der Waals surface area contributed by atoms with Gasteiger partial charge in [0, 0.05) is 11.8 Å². The average Bonchev–Trinajstić information content (AvgIpc) is 2.66. The minimum Gasteiger partial charge on any atom is -0.493 e. The highest BCUT2D eigenvalue weighted by atomic mass is 16.5. The van der Waals surface area contributed by atoms with E-state index >= 15 is 0 Å². The molecule has 0 amide bonds. The third-order valence-corrected chi connectivity index (χ3v) is 4.50. The minimum atomic E-state index is -0.102. The van der Waals surface area contributed by atoms with Gasteiger partial charge < -0.3 is 9.47 Å². The van der Waals surface area contributed by atoms with Gasteiger partial charge in [0.15, 0.2) is 0 Å². The van der Waals surface area contributed by atoms with Crippen molar-refractivity contribution in [3.8, 4) is 5.75 Å². The molecule has 26 heavy (non-hydrogen) atoms. The summed E-state index contributed by atoms with van der Waals surface area (Å²) in [6, 6.07) is 18.9. The van der Waals surface area contributed by atoms with Crippen molar-refractivity contribution in [2.24, 2.45) is 0 Å². The first-order valence-electron chi connectivity index (χ1n) is 9.48. The lowest BCUT2D eigenvalue weighted by Crippen LogP contribution is -2.06. The molecular weight excluding hydrogens is 324 g/mol. The second-order valence-corrected chi connectivity index (χ2v) is 6.56. The fourth-order valence-corrected chi connectivity index (χ4v) is 3.02. The number of hydrogen-bond acceptors (Lipinski definition) is 3. The summed E-state index contributed by atoms with van der Waals surface area (Å²) in [7, 11) is 0. The van der Waals surface area contributed by atoms with Crippen LogP contribution in [0, 0.1) is 0 Å². The zero-order valence-corrected chi connectivity index (χ0v) is 15.4. The fourth-order valence-electron chi connectivity index (χ4n) is 3.02. The monoisotopic (exact) mass is 350 g/mol. The summed E-state index contributed by atoms with van der Waals surface area (Å²) in [5, 5.41) is 4.76. The topological polar surface area (TPSA) is 35.5 Å². The summed E-state index contributed by atoms with van der Waals surface area (Å²) in [5.41, 5.74) is 0. The summed E-state index contributed by atoms with van der Waals surface area (Å²) in [4.78, 5) is 11.6. The molecule has 0 heterocycles. The predicted octanol–water partition coefficient (Wildman–Crippen LogP) is 5.89. The molecule has 0 aliphatic rings. The maximum atomic E-state index is 11.6. The molecule has 0 bridgehead atoms. The molecule has 0 aliphatic heterocycles. The predicted molar refractivity (Wildman–Crippen MR) is 107 cm³/mol. The molecule has 3 aromatic rings. The molecule has 0 saturated carbocycles. The van der Waals surface area contributed by atoms with Crippen LogP contribution in [0.15, 0.2) is 54.6 Å². The van der Waals surface area contributed by atoms with Gasteiger partial charge in [-0.15, -0.1) is 0 Å². The van der Waals surface area contributed by atoms with E-state index in [-0.39, 0.29) is 5.97 Å². The number of rotatable bonds is 9. The Morgan fingerprint density at radius 2 is 1.62 bits per heavy atom. The lowest BCUT2D eigenvalue weighted by atomic mass is 10.0. The first kappa shape index (κ1) is 18.2. The van der Waals surface area contributed by atoms with Crippen LogP contribution in [0.3, 0.4) is 0 Å². The minimum absolute atomic E-state index is 0.102. The van der Waals surface area contributed by atoms with E-state index in [9.17, 15) is 4.79 Å². The van der Waals surface area contributed by atoms with Crippen LogP contribution in [-0.2, 0) is 9.53 Å². The van der Waals surface area contributed by atoms with Gasteiger partial charge in [-0.3, -0.25) is 4.79 Å². The Hall–Kier alpha value is -2.55. The van der Waals surface area contributed by atoms with Crippen LogP contribution >= 0.6 is 0 Å². The first-order chi connectivity index (χ1) is 12.8. The molecule has 136 valence electrons. The zero-order chi connectivity index (χ0) is 18.2. The summed E-state index contributed by atoms with van der Waals surface area (Å²) >= 11 is 0. The number of hydrogen-bond donors (Lipinski definition) is 0. The van der Waals surface area contributed by atoms with Crippen LogP contribution in [0.4, 0.5) is 0 Å². The summed E-state index contributed by atoms with van der Waals surface area (Å²) in [5.74, 6) is 0.800. The molecule has 0 fully saturated rings. The number of carbonyl (C=O) groups is 1. The Morgan fingerprint density at radius 1 is 0.846 bits per heavy atom. The van der Waals surface area contributed by atoms with Crippen molar-refractivity contribution in [3.63, 3.8) is 0 Å². The van der Waals surface area contributed by atoms with E-state index in [0.29, 0.717) is 19.6 Å². The first-order valence-corrected chi connectivity index (χ1v) is 9.48. The Kier molecular flexibility index (Phi) is 6.48. The fraction of sp³-hybridized carbons (Fsp3) is 0.348. The molecular formula is C23H26O3. The largest absolute Gasteiger partial charge is 0.493 e. The number of esters is 1. The molecule has 3 heteroatoms. The van der Waals surface area contributed by atoms with Gasteiger partial charge in [-0.25, -0.2) is 0 Å². The van der Waals surface area contributed by atoms with Crippen LogP contribution in [0.1, 0.15) is 39.0 Å². The zero-order valence-electron chi connectivity index (χ0n) is 15.4. The second kappa shape index (κ2) is 9.23. The van der Waals surface area contributed by atoms with Crippen LogP contribution in [0.25, 0.3) is 21.5 Å². The van der Waals surface area contributed by atoms with Crippen molar-refractivity contribution in [1.29, 1.82) is 0 Å². The van der Waals surface area contributed by atoms with E-state index in [0.717, 1.165) is 36.8 Å². The number of benzene rings is 3. The van der Waals surface area contributed by atoms with Gasteiger partial charge in [0.25, 0.3) is 0 Å². The summed E-state index contributed by atoms with van der Waals surface area (Å²) in [6.07, 6.45) is 4.07. The van der Waals surface area contributed by atoms with Gasteiger partial charge in [0.1, 0.15) is 5.75 Å². The molecule has 3 aromatic carbocycles. The van der Waals surface area contributed by atoms with Crippen LogP contribution in [0.5, 0.6) is 5.75 Å². The Bertz CT molecular complexity index is 870. The molecule has 0 N–H and O–H groups in total. The maximum Gasteiger partial charge on any atom is 0.305 e. The molecule has 0 spiro atoms. The Labute approximate surface area is 154 Å². The van der Waals surface area contributed by atoms with Gasteiger partial charge in [0.2, 0.25) is 0 Å². The van der Waals surface area contributed by atoms with E-state index in [4.69, 9.17) is 9.47 Å². The van der Waals surface area contributed by atoms with E-state index in [1.165, 1.54) is 16.2 Å². The van der Waals surface area contributed by atoms with Gasteiger partial charge in [-0.2, -0.15) is 0 Å². The number of fused-ring (bicyclic) bond motifs is 2. The quantitative estimate of drug-likeness (QED) is 0.274. The SMILES string of the molecule is CCCCOC(=O)CCCCOc1cccc2cc3ccccc3cc12. The summed E-state index contributed by atoms with van der Waals surface area (Å²) in [6.45, 7) is 3.23. The van der Waals surface area contributed by atoms with Crippen molar-refractivity contribution in [2.45, 2.75) is 39.0 Å². The van der Waals surface area contributed by atoms with Crippen molar-refractivity contribution >= 4 is 27.5 Å². The molecule has 0 saturated heterocycles. The van der Waals surface area contributed by atoms with Crippen LogP contribution < -0.4 is 4.74 Å². The van der Waals surface area contributed by atoms with E-state index in [1.54, 1.807) is 0 Å². The average molecular weight is 350 g/mol. The Balaban J connectivity index is 1.54. The van der Waals surface area contributed by atoms with Crippen LogP contribution in [0.2, 0.25) is 0 Å². The molecule has 0 aliphatic carbocycles. The van der Waals surface area contributed by atoms with Crippen molar-refractivity contribution < 1.29 is 14.3 Å². The van der Waals surface area contributed by atoms with Gasteiger partial charge in [-0.05, 0) is 53.6 Å². The molecule has 3 rings (SSSR count). The molecule has 0 unspecified atom stereocenters. The van der Waals surface area contributed by atoms with E-state index in [2.05, 4.69) is 49.4 Å². The smallest absolute Gasteiger partial charge is 0.305 e. The van der Waals surface area contributed by atoms with Gasteiger partial charge >= 0.3 is 5.97 Å². The van der Waals surface area contributed by atoms with Crippen LogP contribution in [-0.4, -0.2) is 19.2 Å². The lowest BCUT2D eigenvalue weighted by molar-refractivity contribution is -0.143. The van der Waals surface area contributed by atoms with E-state index in [1.807, 2.05) is 12.1 Å². The Morgan fingerprint density at radius 3 is 2.42 bits per heavy atom. The molecule has 3 nitrogen and oxygen atoms in total. The highest BCUT2D eigenvalue weighted by Crippen LogP contribution is 2.30. The molecule has 0 atom stereocenters. The van der Waals surface area contributed by atoms with Crippen molar-refractivity contribution in [2.75, 3.05) is 13.2 Å². The molecule has 0 aromatic heterocycles. The third kappa shape index (κ3) is 4.75. The summed E-state index contributed by atoms with van der Waals surface area (Å²) < 4.78 is 11.2. The van der Waals surface area contributed by atoms with Gasteiger partial charge in [-0.1, -0.05) is 49.7 Å². The highest BCUT2D eigenvalue weighted by Gasteiger charge is 2.05. The lowest BCUT2D eigenvalue weighted by Gasteiger charge is -2.10. The van der Waals surface area contributed by atoms with E-state index < -0.39 is 0 Å². The second-order valence-electron chi connectivity index (χ2n) is 6.56. The van der Waals surface area contributed by atoms with Gasteiger partial charge in [0.05, 0.1) is 13.2 Å². The maximum absolute atomic E-state index is 11.6. The van der Waals surface area contributed by atoms with Crippen molar-refractivity contribution in [3.05, 3.63) is 54.6 Å². The number of ether oxygens (including phenoxy) is 2. The standard InChI is InChI=1S/C23H26O3/c1-2-3-14-26-23(24)13-6-7-15-25-22-12-8-11-20-16-18-9-4-5-10-19(18)17-21(20)22/h4-5,8-12,16-17H,2-3,6-7,13-15H2,1H3. The normalized spacial score (nSPS) is 11.0. The number of carbonyl (C=O) groups excluding carboxylic acids is 1. The van der Waals surface area contributed by atoms with Crippen molar-refractivity contribution in [1.82, 2.24) is 0 Å². The molecule has 0 radical (unpaired) electrons. The third-order valence-electron chi connectivity index (χ3n) is 4.50. The highest BCUT2D eigenvalue weighted by molar-refractivity contribution is 6.00. The number of unbranched alkanes of at least 4 members (excludes halogenated alkanes) is 2.